The first-order valence-corrected chi connectivity index (χ1v) is 5.47. The zero-order chi connectivity index (χ0) is 12.4. The fourth-order valence-corrected chi connectivity index (χ4v) is 1.55. The van der Waals surface area contributed by atoms with Gasteiger partial charge in [-0.25, -0.2) is 9.59 Å². The summed E-state index contributed by atoms with van der Waals surface area (Å²) in [7, 11) is 0. The highest BCUT2D eigenvalue weighted by Gasteiger charge is 2.33. The topological polar surface area (TPSA) is 78.4 Å². The van der Waals surface area contributed by atoms with Crippen molar-refractivity contribution in [2.75, 3.05) is 5.32 Å². The molecule has 1 aliphatic rings. The van der Waals surface area contributed by atoms with Crippen molar-refractivity contribution in [3.8, 4) is 0 Å². The quantitative estimate of drug-likeness (QED) is 0.747. The average Bonchev–Trinajstić information content (AvgIpc) is 2.94. The summed E-state index contributed by atoms with van der Waals surface area (Å²) in [5.74, 6) is -0.428. The maximum atomic E-state index is 11.5. The molecular formula is C12H14N2O3. The molecule has 2 amide bonds. The van der Waals surface area contributed by atoms with E-state index < -0.39 is 5.97 Å². The SMILES string of the molecule is CC1CC1NC(=O)Nc1ccc(C(=O)O)cc1. The van der Waals surface area contributed by atoms with Crippen LogP contribution in [0.3, 0.4) is 0 Å². The number of benzene rings is 1. The van der Waals surface area contributed by atoms with Crippen molar-refractivity contribution in [2.24, 2.45) is 5.92 Å². The number of carbonyl (C=O) groups is 2. The van der Waals surface area contributed by atoms with Crippen molar-refractivity contribution in [1.82, 2.24) is 5.32 Å². The minimum atomic E-state index is -0.979. The molecule has 1 aromatic carbocycles. The standard InChI is InChI=1S/C12H14N2O3/c1-7-6-10(7)14-12(17)13-9-4-2-8(3-5-9)11(15)16/h2-5,7,10H,6H2,1H3,(H,15,16)(H2,13,14,17). The Morgan fingerprint density at radius 1 is 1.29 bits per heavy atom. The molecule has 5 nitrogen and oxygen atoms in total. The molecule has 17 heavy (non-hydrogen) atoms. The van der Waals surface area contributed by atoms with Crippen molar-refractivity contribution in [2.45, 2.75) is 19.4 Å². The molecular weight excluding hydrogens is 220 g/mol. The summed E-state index contributed by atoms with van der Waals surface area (Å²) >= 11 is 0. The smallest absolute Gasteiger partial charge is 0.335 e. The Morgan fingerprint density at radius 2 is 1.88 bits per heavy atom. The van der Waals surface area contributed by atoms with E-state index in [2.05, 4.69) is 17.6 Å². The molecule has 1 aromatic rings. The third-order valence-corrected chi connectivity index (χ3v) is 2.82. The van der Waals surface area contributed by atoms with Crippen molar-refractivity contribution in [3.63, 3.8) is 0 Å². The maximum Gasteiger partial charge on any atom is 0.335 e. The number of nitrogens with one attached hydrogen (secondary N) is 2. The fourth-order valence-electron chi connectivity index (χ4n) is 1.55. The number of carboxylic acid groups (broad SMARTS) is 1. The summed E-state index contributed by atoms with van der Waals surface area (Å²) in [6.07, 6.45) is 1.02. The van der Waals surface area contributed by atoms with E-state index >= 15 is 0 Å². The van der Waals surface area contributed by atoms with Gasteiger partial charge in [0.15, 0.2) is 0 Å². The molecule has 3 N–H and O–H groups in total. The largest absolute Gasteiger partial charge is 0.478 e. The van der Waals surface area contributed by atoms with Gasteiger partial charge in [-0.2, -0.15) is 0 Å². The van der Waals surface area contributed by atoms with Crippen LogP contribution in [0.4, 0.5) is 10.5 Å². The van der Waals surface area contributed by atoms with Crippen LogP contribution >= 0.6 is 0 Å². The van der Waals surface area contributed by atoms with Crippen LogP contribution in [0.25, 0.3) is 0 Å². The van der Waals surface area contributed by atoms with Crippen molar-refractivity contribution in [1.29, 1.82) is 0 Å². The Hall–Kier alpha value is -2.04. The molecule has 2 atom stereocenters. The summed E-state index contributed by atoms with van der Waals surface area (Å²) in [5.41, 5.74) is 0.785. The van der Waals surface area contributed by atoms with E-state index in [1.165, 1.54) is 12.1 Å². The second kappa shape index (κ2) is 4.45. The highest BCUT2D eigenvalue weighted by atomic mass is 16.4. The van der Waals surface area contributed by atoms with Gasteiger partial charge < -0.3 is 15.7 Å². The average molecular weight is 234 g/mol. The Balaban J connectivity index is 1.89. The number of hydrogen-bond donors (Lipinski definition) is 3. The number of rotatable bonds is 3. The van der Waals surface area contributed by atoms with Gasteiger partial charge >= 0.3 is 12.0 Å². The summed E-state index contributed by atoms with van der Waals surface area (Å²) in [5, 5.41) is 14.2. The number of hydrogen-bond acceptors (Lipinski definition) is 2. The minimum Gasteiger partial charge on any atom is -0.478 e. The lowest BCUT2D eigenvalue weighted by atomic mass is 10.2. The van der Waals surface area contributed by atoms with Crippen LogP contribution in [-0.2, 0) is 0 Å². The summed E-state index contributed by atoms with van der Waals surface area (Å²) in [4.78, 5) is 22.1. The van der Waals surface area contributed by atoms with E-state index in [1.54, 1.807) is 12.1 Å². The fraction of sp³-hybridized carbons (Fsp3) is 0.333. The van der Waals surface area contributed by atoms with Crippen molar-refractivity contribution >= 4 is 17.7 Å². The highest BCUT2D eigenvalue weighted by Crippen LogP contribution is 2.28. The molecule has 5 heteroatoms. The monoisotopic (exact) mass is 234 g/mol. The highest BCUT2D eigenvalue weighted by molar-refractivity contribution is 5.91. The number of anilines is 1. The predicted octanol–water partition coefficient (Wildman–Crippen LogP) is 1.91. The summed E-state index contributed by atoms with van der Waals surface area (Å²) in [6.45, 7) is 2.08. The van der Waals surface area contributed by atoms with Gasteiger partial charge in [-0.3, -0.25) is 0 Å². The first-order chi connectivity index (χ1) is 8.06. The zero-order valence-electron chi connectivity index (χ0n) is 9.43. The Labute approximate surface area is 98.8 Å². The van der Waals surface area contributed by atoms with E-state index in [0.29, 0.717) is 11.6 Å². The molecule has 2 unspecified atom stereocenters. The molecule has 0 heterocycles. The second-order valence-corrected chi connectivity index (χ2v) is 4.30. The Kier molecular flexibility index (Phi) is 2.99. The number of carboxylic acids is 1. The van der Waals surface area contributed by atoms with Gasteiger partial charge in [0, 0.05) is 11.7 Å². The summed E-state index contributed by atoms with van der Waals surface area (Å²) in [6, 6.07) is 6.07. The zero-order valence-corrected chi connectivity index (χ0v) is 9.43. The van der Waals surface area contributed by atoms with E-state index in [4.69, 9.17) is 5.11 Å². The molecule has 1 aliphatic carbocycles. The molecule has 0 radical (unpaired) electrons. The van der Waals surface area contributed by atoms with Crippen molar-refractivity contribution in [3.05, 3.63) is 29.8 Å². The first kappa shape index (κ1) is 11.4. The maximum absolute atomic E-state index is 11.5. The van der Waals surface area contributed by atoms with Crippen molar-refractivity contribution < 1.29 is 14.7 Å². The summed E-state index contributed by atoms with van der Waals surface area (Å²) < 4.78 is 0. The molecule has 0 aromatic heterocycles. The number of aromatic carboxylic acids is 1. The van der Waals surface area contributed by atoms with Crippen LogP contribution in [0.2, 0.25) is 0 Å². The van der Waals surface area contributed by atoms with Crippen LogP contribution in [-0.4, -0.2) is 23.1 Å². The third kappa shape index (κ3) is 2.96. The second-order valence-electron chi connectivity index (χ2n) is 4.30. The molecule has 1 fully saturated rings. The van der Waals surface area contributed by atoms with E-state index in [-0.39, 0.29) is 17.6 Å². The third-order valence-electron chi connectivity index (χ3n) is 2.82. The normalized spacial score (nSPS) is 21.7. The van der Waals surface area contributed by atoms with E-state index in [1.807, 2.05) is 0 Å². The van der Waals surface area contributed by atoms with Gasteiger partial charge in [0.25, 0.3) is 0 Å². The minimum absolute atomic E-state index is 0.201. The molecule has 0 bridgehead atoms. The van der Waals surface area contributed by atoms with Crippen LogP contribution < -0.4 is 10.6 Å². The lowest BCUT2D eigenvalue weighted by Crippen LogP contribution is -2.31. The first-order valence-electron chi connectivity index (χ1n) is 5.47. The molecule has 2 rings (SSSR count). The van der Waals surface area contributed by atoms with E-state index in [9.17, 15) is 9.59 Å². The number of urea groups is 1. The van der Waals surface area contributed by atoms with Gasteiger partial charge in [0.1, 0.15) is 0 Å². The Morgan fingerprint density at radius 3 is 2.35 bits per heavy atom. The van der Waals surface area contributed by atoms with Gasteiger partial charge in [-0.05, 0) is 36.6 Å². The molecule has 0 spiro atoms. The van der Waals surface area contributed by atoms with Crippen LogP contribution in [0.15, 0.2) is 24.3 Å². The lowest BCUT2D eigenvalue weighted by molar-refractivity contribution is 0.0697. The number of carbonyl (C=O) groups excluding carboxylic acids is 1. The van der Waals surface area contributed by atoms with Gasteiger partial charge in [-0.1, -0.05) is 6.92 Å². The van der Waals surface area contributed by atoms with Crippen LogP contribution in [0.1, 0.15) is 23.7 Å². The molecule has 0 saturated heterocycles. The Bertz CT molecular complexity index is 442. The van der Waals surface area contributed by atoms with Crippen LogP contribution in [0.5, 0.6) is 0 Å². The molecule has 1 saturated carbocycles. The van der Waals surface area contributed by atoms with Gasteiger partial charge in [0.05, 0.1) is 5.56 Å². The van der Waals surface area contributed by atoms with E-state index in [0.717, 1.165) is 6.42 Å². The van der Waals surface area contributed by atoms with Gasteiger partial charge in [-0.15, -0.1) is 0 Å². The predicted molar refractivity (Wildman–Crippen MR) is 63.1 cm³/mol. The van der Waals surface area contributed by atoms with Gasteiger partial charge in [0.2, 0.25) is 0 Å². The number of amides is 2. The molecule has 90 valence electrons. The lowest BCUT2D eigenvalue weighted by Gasteiger charge is -2.06. The molecule has 0 aliphatic heterocycles. The van der Waals surface area contributed by atoms with Crippen LogP contribution in [0, 0.1) is 5.92 Å².